The van der Waals surface area contributed by atoms with Gasteiger partial charge in [-0.25, -0.2) is 4.98 Å². The molecule has 0 bridgehead atoms. The van der Waals surface area contributed by atoms with Crippen LogP contribution in [0.2, 0.25) is 0 Å². The molecule has 2 heterocycles. The molecule has 0 aliphatic heterocycles. The van der Waals surface area contributed by atoms with E-state index in [1.54, 1.807) is 7.11 Å². The zero-order chi connectivity index (χ0) is 13.3. The van der Waals surface area contributed by atoms with Crippen molar-refractivity contribution in [2.24, 2.45) is 13.0 Å². The van der Waals surface area contributed by atoms with Crippen LogP contribution in [-0.4, -0.2) is 33.0 Å². The Bertz CT molecular complexity index is 546. The Balaban J connectivity index is 2.46. The van der Waals surface area contributed by atoms with Gasteiger partial charge in [0, 0.05) is 20.7 Å². The van der Waals surface area contributed by atoms with Crippen molar-refractivity contribution in [1.29, 1.82) is 0 Å². The number of rotatable bonds is 5. The van der Waals surface area contributed by atoms with Crippen molar-refractivity contribution in [3.05, 3.63) is 11.5 Å². The van der Waals surface area contributed by atoms with Gasteiger partial charge in [-0.2, -0.15) is 5.10 Å². The first kappa shape index (κ1) is 13.4. The molecule has 0 spiro atoms. The molecule has 2 aromatic rings. The lowest BCUT2D eigenvalue weighted by molar-refractivity contribution is 0.151. The molecule has 2 aromatic heterocycles. The molecule has 1 unspecified atom stereocenters. The smallest absolute Gasteiger partial charge is 0.158 e. The first-order chi connectivity index (χ1) is 8.58. The van der Waals surface area contributed by atoms with E-state index in [4.69, 9.17) is 16.3 Å². The van der Waals surface area contributed by atoms with Crippen LogP contribution in [0, 0.1) is 12.8 Å². The molecule has 1 atom stereocenters. The van der Waals surface area contributed by atoms with Gasteiger partial charge >= 0.3 is 0 Å². The van der Waals surface area contributed by atoms with Gasteiger partial charge in [0.15, 0.2) is 5.65 Å². The third kappa shape index (κ3) is 2.24. The highest BCUT2D eigenvalue weighted by Crippen LogP contribution is 2.21. The lowest BCUT2D eigenvalue weighted by atomic mass is 10.2. The van der Waals surface area contributed by atoms with E-state index in [1.165, 1.54) is 0 Å². The van der Waals surface area contributed by atoms with Gasteiger partial charge in [-0.15, -0.1) is 11.6 Å². The highest BCUT2D eigenvalue weighted by Gasteiger charge is 2.18. The zero-order valence-electron chi connectivity index (χ0n) is 11.3. The van der Waals surface area contributed by atoms with Crippen molar-refractivity contribution in [2.75, 3.05) is 13.7 Å². The quantitative estimate of drug-likeness (QED) is 0.782. The average molecular weight is 271 g/mol. The van der Waals surface area contributed by atoms with E-state index in [9.17, 15) is 0 Å². The maximum atomic E-state index is 5.98. The summed E-state index contributed by atoms with van der Waals surface area (Å²) in [6, 6.07) is 0. The van der Waals surface area contributed by atoms with Crippen LogP contribution in [-0.2, 0) is 24.2 Å². The maximum absolute atomic E-state index is 5.98. The fourth-order valence-corrected chi connectivity index (χ4v) is 2.53. The number of nitrogens with zero attached hydrogens (tertiary/aromatic N) is 4. The Morgan fingerprint density at radius 2 is 2.17 bits per heavy atom. The van der Waals surface area contributed by atoms with Crippen molar-refractivity contribution < 1.29 is 4.74 Å². The number of hydrogen-bond acceptors (Lipinski definition) is 3. The van der Waals surface area contributed by atoms with Gasteiger partial charge in [0.25, 0.3) is 0 Å². The summed E-state index contributed by atoms with van der Waals surface area (Å²) in [6.07, 6.45) is 0. The van der Waals surface area contributed by atoms with Crippen LogP contribution in [0.4, 0.5) is 0 Å². The number of hydrogen-bond donors (Lipinski definition) is 0. The zero-order valence-corrected chi connectivity index (χ0v) is 12.0. The van der Waals surface area contributed by atoms with Crippen molar-refractivity contribution in [1.82, 2.24) is 19.3 Å². The molecule has 100 valence electrons. The molecule has 0 saturated heterocycles. The Labute approximate surface area is 112 Å². The summed E-state index contributed by atoms with van der Waals surface area (Å²) in [5.74, 6) is 1.71. The van der Waals surface area contributed by atoms with Crippen LogP contribution < -0.4 is 0 Å². The average Bonchev–Trinajstić information content (AvgIpc) is 2.80. The van der Waals surface area contributed by atoms with Crippen molar-refractivity contribution in [3.63, 3.8) is 0 Å². The third-order valence-electron chi connectivity index (χ3n) is 3.03. The number of aromatic nitrogens is 4. The van der Waals surface area contributed by atoms with Crippen molar-refractivity contribution in [2.45, 2.75) is 26.3 Å². The van der Waals surface area contributed by atoms with Crippen molar-refractivity contribution >= 4 is 22.8 Å². The predicted octanol–water partition coefficient (Wildman–Crippen LogP) is 2.10. The normalized spacial score (nSPS) is 13.4. The van der Waals surface area contributed by atoms with E-state index >= 15 is 0 Å². The van der Waals surface area contributed by atoms with E-state index in [2.05, 4.69) is 21.6 Å². The molecule has 2 rings (SSSR count). The molecule has 0 aliphatic rings. The number of halogens is 1. The second kappa shape index (κ2) is 5.28. The van der Waals surface area contributed by atoms with Gasteiger partial charge in [0.05, 0.1) is 18.2 Å². The fraction of sp³-hybridized carbons (Fsp3) is 0.667. The summed E-state index contributed by atoms with van der Waals surface area (Å²) in [4.78, 5) is 4.57. The number of ether oxygens (including phenoxy) is 1. The first-order valence-electron chi connectivity index (χ1n) is 6.02. The number of aryl methyl sites for hydroxylation is 2. The largest absolute Gasteiger partial charge is 0.384 e. The molecular weight excluding hydrogens is 252 g/mol. The lowest BCUT2D eigenvalue weighted by Gasteiger charge is -2.14. The molecule has 0 amide bonds. The number of fused-ring (bicyclic) bond motifs is 1. The molecule has 6 heteroatoms. The standard InChI is InChI=1S/C12H19ClN4O/c1-8(7-18-4)6-17-10(5-13)14-11-9(2)15-16(3)12(11)17/h8H,5-7H2,1-4H3. The summed E-state index contributed by atoms with van der Waals surface area (Å²) >= 11 is 5.98. The SMILES string of the molecule is COCC(C)Cn1c(CCl)nc2c(C)nn(C)c21. The molecule has 18 heavy (non-hydrogen) atoms. The van der Waals surface area contributed by atoms with Crippen LogP contribution >= 0.6 is 11.6 Å². The molecule has 0 aliphatic carbocycles. The molecule has 5 nitrogen and oxygen atoms in total. The summed E-state index contributed by atoms with van der Waals surface area (Å²) in [7, 11) is 3.66. The van der Waals surface area contributed by atoms with Crippen LogP contribution in [0.5, 0.6) is 0 Å². The van der Waals surface area contributed by atoms with Gasteiger partial charge in [0.1, 0.15) is 11.3 Å². The minimum Gasteiger partial charge on any atom is -0.384 e. The number of alkyl halides is 1. The minimum atomic E-state index is 0.407. The van der Waals surface area contributed by atoms with Gasteiger partial charge in [0.2, 0.25) is 0 Å². The highest BCUT2D eigenvalue weighted by atomic mass is 35.5. The summed E-state index contributed by atoms with van der Waals surface area (Å²) < 4.78 is 9.20. The molecular formula is C12H19ClN4O. The molecule has 0 aromatic carbocycles. The second-order valence-electron chi connectivity index (χ2n) is 4.71. The predicted molar refractivity (Wildman–Crippen MR) is 71.8 cm³/mol. The molecule has 0 radical (unpaired) electrons. The van der Waals surface area contributed by atoms with Gasteiger partial charge in [-0.3, -0.25) is 4.68 Å². The van der Waals surface area contributed by atoms with E-state index in [0.717, 1.165) is 35.8 Å². The van der Waals surface area contributed by atoms with Crippen LogP contribution in [0.3, 0.4) is 0 Å². The minimum absolute atomic E-state index is 0.407. The van der Waals surface area contributed by atoms with Gasteiger partial charge in [-0.05, 0) is 12.8 Å². The third-order valence-corrected chi connectivity index (χ3v) is 3.27. The monoisotopic (exact) mass is 270 g/mol. The van der Waals surface area contributed by atoms with Gasteiger partial charge < -0.3 is 9.30 Å². The van der Waals surface area contributed by atoms with Crippen LogP contribution in [0.15, 0.2) is 0 Å². The van der Waals surface area contributed by atoms with E-state index < -0.39 is 0 Å². The van der Waals surface area contributed by atoms with Crippen LogP contribution in [0.25, 0.3) is 11.2 Å². The van der Waals surface area contributed by atoms with E-state index in [-0.39, 0.29) is 0 Å². The van der Waals surface area contributed by atoms with Crippen molar-refractivity contribution in [3.8, 4) is 0 Å². The summed E-state index contributed by atoms with van der Waals surface area (Å²) in [6.45, 7) is 5.68. The molecule has 0 N–H and O–H groups in total. The summed E-state index contributed by atoms with van der Waals surface area (Å²) in [5, 5.41) is 4.40. The highest BCUT2D eigenvalue weighted by molar-refractivity contribution is 6.16. The Morgan fingerprint density at radius 3 is 2.78 bits per heavy atom. The Morgan fingerprint density at radius 1 is 1.44 bits per heavy atom. The molecule has 0 saturated carbocycles. The van der Waals surface area contributed by atoms with Crippen LogP contribution in [0.1, 0.15) is 18.4 Å². The number of imidazole rings is 1. The van der Waals surface area contributed by atoms with E-state index in [1.807, 2.05) is 18.7 Å². The van der Waals surface area contributed by atoms with Gasteiger partial charge in [-0.1, -0.05) is 6.92 Å². The Kier molecular flexibility index (Phi) is 3.92. The number of methoxy groups -OCH3 is 1. The molecule has 0 fully saturated rings. The van der Waals surface area contributed by atoms with E-state index in [0.29, 0.717) is 11.8 Å². The fourth-order valence-electron chi connectivity index (χ4n) is 2.32. The maximum Gasteiger partial charge on any atom is 0.158 e. The topological polar surface area (TPSA) is 44.9 Å². The lowest BCUT2D eigenvalue weighted by Crippen LogP contribution is -2.15. The second-order valence-corrected chi connectivity index (χ2v) is 4.98. The Hall–Kier alpha value is -1.07. The summed E-state index contributed by atoms with van der Waals surface area (Å²) in [5.41, 5.74) is 2.92. The first-order valence-corrected chi connectivity index (χ1v) is 6.55.